The summed E-state index contributed by atoms with van der Waals surface area (Å²) >= 11 is 0. The zero-order valence-corrected chi connectivity index (χ0v) is 10.6. The van der Waals surface area contributed by atoms with Gasteiger partial charge in [-0.2, -0.15) is 5.10 Å². The Morgan fingerprint density at radius 1 is 1.50 bits per heavy atom. The molecule has 20 heavy (non-hydrogen) atoms. The van der Waals surface area contributed by atoms with Crippen LogP contribution in [0, 0.1) is 10.1 Å². The number of carboxylic acids is 1. The van der Waals surface area contributed by atoms with Crippen LogP contribution < -0.4 is 5.32 Å². The Labute approximate surface area is 113 Å². The summed E-state index contributed by atoms with van der Waals surface area (Å²) in [6.45, 7) is 0.200. The molecule has 0 aliphatic rings. The fourth-order valence-corrected chi connectivity index (χ4v) is 1.79. The summed E-state index contributed by atoms with van der Waals surface area (Å²) in [5, 5.41) is 26.9. The molecule has 2 rings (SSSR count). The first-order valence-electron chi connectivity index (χ1n) is 5.72. The van der Waals surface area contributed by atoms with E-state index in [9.17, 15) is 14.9 Å². The molecule has 0 spiro atoms. The molecule has 0 aliphatic heterocycles. The van der Waals surface area contributed by atoms with Crippen molar-refractivity contribution >= 4 is 17.3 Å². The summed E-state index contributed by atoms with van der Waals surface area (Å²) in [5.41, 5.74) is 0.216. The van der Waals surface area contributed by atoms with Gasteiger partial charge in [0, 0.05) is 19.3 Å². The van der Waals surface area contributed by atoms with Crippen LogP contribution in [-0.4, -0.2) is 25.8 Å². The second-order valence-electron chi connectivity index (χ2n) is 4.10. The number of carboxylic acid groups (broad SMARTS) is 1. The van der Waals surface area contributed by atoms with Gasteiger partial charge in [-0.15, -0.1) is 0 Å². The highest BCUT2D eigenvalue weighted by atomic mass is 16.6. The van der Waals surface area contributed by atoms with E-state index >= 15 is 0 Å². The maximum absolute atomic E-state index is 11.1. The van der Waals surface area contributed by atoms with Gasteiger partial charge >= 0.3 is 5.97 Å². The summed E-state index contributed by atoms with van der Waals surface area (Å²) in [7, 11) is 1.75. The van der Waals surface area contributed by atoms with Crippen LogP contribution in [0.4, 0.5) is 11.4 Å². The standard InChI is InChI=1S/C12H12N4O4/c1-15-6-5-8(14-15)7-13-11-9(12(17)18)3-2-4-10(11)16(19)20/h2-6,13H,7H2,1H3,(H,17,18). The molecule has 0 atom stereocenters. The van der Waals surface area contributed by atoms with Gasteiger partial charge < -0.3 is 10.4 Å². The van der Waals surface area contributed by atoms with Crippen LogP contribution in [0.3, 0.4) is 0 Å². The third-order valence-electron chi connectivity index (χ3n) is 2.68. The van der Waals surface area contributed by atoms with Crippen LogP contribution in [0.5, 0.6) is 0 Å². The number of aromatic nitrogens is 2. The van der Waals surface area contributed by atoms with Crippen molar-refractivity contribution in [2.24, 2.45) is 7.05 Å². The van der Waals surface area contributed by atoms with Crippen LogP contribution in [0.15, 0.2) is 30.5 Å². The number of nitro benzene ring substituents is 1. The maximum Gasteiger partial charge on any atom is 0.338 e. The topological polar surface area (TPSA) is 110 Å². The van der Waals surface area contributed by atoms with Crippen molar-refractivity contribution in [2.45, 2.75) is 6.54 Å². The van der Waals surface area contributed by atoms with Gasteiger partial charge in [0.05, 0.1) is 22.7 Å². The van der Waals surface area contributed by atoms with Gasteiger partial charge in [-0.05, 0) is 12.1 Å². The van der Waals surface area contributed by atoms with Crippen molar-refractivity contribution in [1.82, 2.24) is 9.78 Å². The SMILES string of the molecule is Cn1ccc(CNc2c(C(=O)O)cccc2[N+](=O)[O-])n1. The number of benzene rings is 1. The number of hydrogen-bond acceptors (Lipinski definition) is 5. The number of aryl methyl sites for hydroxylation is 1. The number of rotatable bonds is 5. The second-order valence-corrected chi connectivity index (χ2v) is 4.10. The van der Waals surface area contributed by atoms with Crippen molar-refractivity contribution in [3.05, 3.63) is 51.8 Å². The third kappa shape index (κ3) is 2.74. The smallest absolute Gasteiger partial charge is 0.338 e. The van der Waals surface area contributed by atoms with E-state index < -0.39 is 10.9 Å². The fraction of sp³-hybridized carbons (Fsp3) is 0.167. The predicted molar refractivity (Wildman–Crippen MR) is 70.6 cm³/mol. The van der Waals surface area contributed by atoms with E-state index in [1.807, 2.05) is 0 Å². The number of carbonyl (C=O) groups is 1. The number of hydrogen-bond donors (Lipinski definition) is 2. The molecule has 8 nitrogen and oxygen atoms in total. The summed E-state index contributed by atoms with van der Waals surface area (Å²) in [5.74, 6) is -1.22. The van der Waals surface area contributed by atoms with Crippen LogP contribution in [0.1, 0.15) is 16.1 Å². The molecule has 0 fully saturated rings. The Hall–Kier alpha value is -2.90. The monoisotopic (exact) mass is 276 g/mol. The number of anilines is 1. The zero-order valence-electron chi connectivity index (χ0n) is 10.6. The number of para-hydroxylation sites is 1. The molecule has 0 saturated carbocycles. The van der Waals surface area contributed by atoms with Crippen molar-refractivity contribution in [3.8, 4) is 0 Å². The zero-order chi connectivity index (χ0) is 14.7. The van der Waals surface area contributed by atoms with E-state index in [1.165, 1.54) is 18.2 Å². The van der Waals surface area contributed by atoms with E-state index in [4.69, 9.17) is 5.11 Å². The molecule has 1 aromatic heterocycles. The molecule has 2 aromatic rings. The molecule has 0 unspecified atom stereocenters. The summed E-state index contributed by atoms with van der Waals surface area (Å²) in [6.07, 6.45) is 1.73. The molecule has 0 radical (unpaired) electrons. The number of aromatic carboxylic acids is 1. The molecule has 0 aliphatic carbocycles. The molecule has 1 heterocycles. The van der Waals surface area contributed by atoms with Gasteiger partial charge in [-0.25, -0.2) is 4.79 Å². The van der Waals surface area contributed by atoms with Crippen molar-refractivity contribution < 1.29 is 14.8 Å². The average Bonchev–Trinajstić information content (AvgIpc) is 2.81. The van der Waals surface area contributed by atoms with E-state index in [1.54, 1.807) is 24.0 Å². The first kappa shape index (κ1) is 13.5. The van der Waals surface area contributed by atoms with Gasteiger partial charge in [-0.1, -0.05) is 6.07 Å². The fourth-order valence-electron chi connectivity index (χ4n) is 1.79. The van der Waals surface area contributed by atoms with E-state index in [0.717, 1.165) is 0 Å². The van der Waals surface area contributed by atoms with Gasteiger partial charge in [0.25, 0.3) is 5.69 Å². The first-order valence-corrected chi connectivity index (χ1v) is 5.72. The number of nitrogens with zero attached hydrogens (tertiary/aromatic N) is 3. The highest BCUT2D eigenvalue weighted by Crippen LogP contribution is 2.28. The van der Waals surface area contributed by atoms with Gasteiger partial charge in [0.1, 0.15) is 5.69 Å². The van der Waals surface area contributed by atoms with Gasteiger partial charge in [0.15, 0.2) is 0 Å². The Bertz CT molecular complexity index is 633. The molecule has 2 N–H and O–H groups in total. The van der Waals surface area contributed by atoms with Gasteiger partial charge in [0.2, 0.25) is 0 Å². The quantitative estimate of drug-likeness (QED) is 0.634. The van der Waals surface area contributed by atoms with E-state index in [2.05, 4.69) is 10.4 Å². The number of nitrogens with one attached hydrogen (secondary N) is 1. The van der Waals surface area contributed by atoms with Crippen molar-refractivity contribution in [1.29, 1.82) is 0 Å². The Morgan fingerprint density at radius 3 is 2.80 bits per heavy atom. The van der Waals surface area contributed by atoms with Crippen LogP contribution in [0.2, 0.25) is 0 Å². The van der Waals surface area contributed by atoms with Crippen LogP contribution in [0.25, 0.3) is 0 Å². The second kappa shape index (κ2) is 5.39. The Balaban J connectivity index is 2.32. The maximum atomic E-state index is 11.1. The molecule has 8 heteroatoms. The Morgan fingerprint density at radius 2 is 2.25 bits per heavy atom. The summed E-state index contributed by atoms with van der Waals surface area (Å²) in [4.78, 5) is 21.5. The van der Waals surface area contributed by atoms with Gasteiger partial charge in [-0.3, -0.25) is 14.8 Å². The lowest BCUT2D eigenvalue weighted by molar-refractivity contribution is -0.384. The highest BCUT2D eigenvalue weighted by molar-refractivity contribution is 5.96. The van der Waals surface area contributed by atoms with Crippen molar-refractivity contribution in [3.63, 3.8) is 0 Å². The first-order chi connectivity index (χ1) is 9.49. The highest BCUT2D eigenvalue weighted by Gasteiger charge is 2.21. The van der Waals surface area contributed by atoms with Crippen LogP contribution in [-0.2, 0) is 13.6 Å². The van der Waals surface area contributed by atoms with Crippen LogP contribution >= 0.6 is 0 Å². The lowest BCUT2D eigenvalue weighted by Crippen LogP contribution is -2.09. The minimum atomic E-state index is -1.22. The molecule has 0 saturated heterocycles. The van der Waals surface area contributed by atoms with E-state index in [0.29, 0.717) is 5.69 Å². The van der Waals surface area contributed by atoms with E-state index in [-0.39, 0.29) is 23.5 Å². The third-order valence-corrected chi connectivity index (χ3v) is 2.68. The molecule has 1 aromatic carbocycles. The Kier molecular flexibility index (Phi) is 3.65. The summed E-state index contributed by atoms with van der Waals surface area (Å²) in [6, 6.07) is 5.65. The molecule has 0 bridgehead atoms. The molecular formula is C12H12N4O4. The lowest BCUT2D eigenvalue weighted by Gasteiger charge is -2.08. The molecule has 0 amide bonds. The lowest BCUT2D eigenvalue weighted by atomic mass is 10.1. The largest absolute Gasteiger partial charge is 0.478 e. The normalized spacial score (nSPS) is 10.2. The number of nitro groups is 1. The minimum Gasteiger partial charge on any atom is -0.478 e. The predicted octanol–water partition coefficient (Wildman–Crippen LogP) is 1.64. The molecule has 104 valence electrons. The minimum absolute atomic E-state index is 0.0179. The summed E-state index contributed by atoms with van der Waals surface area (Å²) < 4.78 is 1.59. The van der Waals surface area contributed by atoms with Crippen molar-refractivity contribution in [2.75, 3.05) is 5.32 Å². The average molecular weight is 276 g/mol. The molecular weight excluding hydrogens is 264 g/mol.